The number of hydrogen-bond acceptors (Lipinski definition) is 6. The summed E-state index contributed by atoms with van der Waals surface area (Å²) in [6.07, 6.45) is 34.8. The van der Waals surface area contributed by atoms with E-state index in [2.05, 4.69) is 38.2 Å². The van der Waals surface area contributed by atoms with Gasteiger partial charge in [-0.05, 0) is 70.6 Å². The number of carbonyl (C=O) groups excluding carboxylic acids is 2. The van der Waals surface area contributed by atoms with Crippen molar-refractivity contribution < 1.29 is 29.3 Å². The zero-order valence-corrected chi connectivity index (χ0v) is 30.4. The molecule has 0 saturated heterocycles. The number of esters is 2. The lowest BCUT2D eigenvalue weighted by Gasteiger charge is -2.18. The van der Waals surface area contributed by atoms with Crippen molar-refractivity contribution in [2.24, 2.45) is 0 Å². The Kier molecular flexibility index (Phi) is 33.4. The standard InChI is InChI=1S/C40H74O6/c1-4-7-9-23-30-36(41)32-25-19-15-11-13-17-21-27-34-38(43)45-40(29-6-3)46-39(44)35-28-22-18-14-12-16-20-26-33-37(42)31-24-10-8-5-2/h19-20,25-26,36-37,40-42H,4-18,21-24,27-35H2,1-3H3/t36-,37-,40?/m1/s1. The number of allylic oxidation sites excluding steroid dienone is 2. The molecule has 0 unspecified atom stereocenters. The van der Waals surface area contributed by atoms with Crippen molar-refractivity contribution in [1.82, 2.24) is 0 Å². The van der Waals surface area contributed by atoms with Gasteiger partial charge in [0.2, 0.25) is 6.29 Å². The van der Waals surface area contributed by atoms with Gasteiger partial charge >= 0.3 is 11.9 Å². The van der Waals surface area contributed by atoms with Crippen LogP contribution < -0.4 is 0 Å². The Labute approximate surface area is 284 Å². The molecule has 0 heterocycles. The van der Waals surface area contributed by atoms with Crippen LogP contribution in [0.3, 0.4) is 0 Å². The highest BCUT2D eigenvalue weighted by molar-refractivity contribution is 5.71. The molecule has 0 bridgehead atoms. The monoisotopic (exact) mass is 651 g/mol. The molecule has 6 heteroatoms. The second-order valence-electron chi connectivity index (χ2n) is 13.2. The summed E-state index contributed by atoms with van der Waals surface area (Å²) in [5.41, 5.74) is 0. The van der Waals surface area contributed by atoms with E-state index in [9.17, 15) is 19.8 Å². The van der Waals surface area contributed by atoms with E-state index in [1.165, 1.54) is 38.5 Å². The quantitative estimate of drug-likeness (QED) is 0.0311. The van der Waals surface area contributed by atoms with Crippen LogP contribution in [0.2, 0.25) is 0 Å². The minimum atomic E-state index is -0.770. The second kappa shape index (κ2) is 34.7. The van der Waals surface area contributed by atoms with Gasteiger partial charge in [0.25, 0.3) is 0 Å². The molecule has 46 heavy (non-hydrogen) atoms. The van der Waals surface area contributed by atoms with Crippen LogP contribution in [0.15, 0.2) is 24.3 Å². The highest BCUT2D eigenvalue weighted by Crippen LogP contribution is 2.15. The first kappa shape index (κ1) is 44.3. The molecule has 0 amide bonds. The van der Waals surface area contributed by atoms with Crippen LogP contribution in [0.25, 0.3) is 0 Å². The minimum Gasteiger partial charge on any atom is -0.425 e. The molecule has 0 fully saturated rings. The maximum absolute atomic E-state index is 12.3. The van der Waals surface area contributed by atoms with E-state index < -0.39 is 6.29 Å². The summed E-state index contributed by atoms with van der Waals surface area (Å²) < 4.78 is 11.0. The fourth-order valence-electron chi connectivity index (χ4n) is 5.50. The second-order valence-corrected chi connectivity index (χ2v) is 13.2. The summed E-state index contributed by atoms with van der Waals surface area (Å²) in [5.74, 6) is -0.559. The van der Waals surface area contributed by atoms with Gasteiger partial charge in [-0.3, -0.25) is 9.59 Å². The molecule has 0 spiro atoms. The van der Waals surface area contributed by atoms with Crippen molar-refractivity contribution in [3.8, 4) is 0 Å². The number of ether oxygens (including phenoxy) is 2. The van der Waals surface area contributed by atoms with Crippen LogP contribution >= 0.6 is 0 Å². The van der Waals surface area contributed by atoms with Gasteiger partial charge in [0.1, 0.15) is 0 Å². The van der Waals surface area contributed by atoms with Crippen LogP contribution in [0.5, 0.6) is 0 Å². The summed E-state index contributed by atoms with van der Waals surface area (Å²) in [7, 11) is 0. The third-order valence-corrected chi connectivity index (χ3v) is 8.48. The van der Waals surface area contributed by atoms with Crippen LogP contribution in [0.4, 0.5) is 0 Å². The first-order chi connectivity index (χ1) is 22.4. The Morgan fingerprint density at radius 1 is 0.478 bits per heavy atom. The summed E-state index contributed by atoms with van der Waals surface area (Å²) >= 11 is 0. The molecule has 2 atom stereocenters. The summed E-state index contributed by atoms with van der Waals surface area (Å²) in [4.78, 5) is 24.7. The lowest BCUT2D eigenvalue weighted by Crippen LogP contribution is -2.24. The van der Waals surface area contributed by atoms with Crippen LogP contribution in [0, 0.1) is 0 Å². The minimum absolute atomic E-state index is 0.205. The maximum Gasteiger partial charge on any atom is 0.308 e. The van der Waals surface area contributed by atoms with Crippen molar-refractivity contribution in [1.29, 1.82) is 0 Å². The van der Waals surface area contributed by atoms with Gasteiger partial charge < -0.3 is 19.7 Å². The lowest BCUT2D eigenvalue weighted by atomic mass is 10.1. The predicted octanol–water partition coefficient (Wildman–Crippen LogP) is 11.2. The number of hydrogen-bond donors (Lipinski definition) is 2. The Morgan fingerprint density at radius 2 is 0.870 bits per heavy atom. The SMILES string of the molecule is CCCCCC[C@@H](O)CC=CCCCCCCCC(=O)OC(CCC)OC(=O)CCCCCCCC=CC[C@H](O)CCCCCC. The van der Waals surface area contributed by atoms with E-state index in [4.69, 9.17) is 9.47 Å². The molecule has 0 aliphatic heterocycles. The summed E-state index contributed by atoms with van der Waals surface area (Å²) in [5, 5.41) is 20.0. The fourth-order valence-corrected chi connectivity index (χ4v) is 5.50. The number of carbonyl (C=O) groups is 2. The van der Waals surface area contributed by atoms with E-state index in [-0.39, 0.29) is 24.1 Å². The zero-order valence-electron chi connectivity index (χ0n) is 30.4. The number of aliphatic hydroxyl groups is 2. The molecule has 0 aromatic heterocycles. The summed E-state index contributed by atoms with van der Waals surface area (Å²) in [6, 6.07) is 0. The van der Waals surface area contributed by atoms with Gasteiger partial charge in [-0.15, -0.1) is 0 Å². The third-order valence-electron chi connectivity index (χ3n) is 8.48. The Hall–Kier alpha value is -1.66. The lowest BCUT2D eigenvalue weighted by molar-refractivity contribution is -0.189. The molecule has 0 radical (unpaired) electrons. The topological polar surface area (TPSA) is 93.1 Å². The van der Waals surface area contributed by atoms with Crippen LogP contribution in [-0.2, 0) is 19.1 Å². The molecule has 0 aromatic rings. The van der Waals surface area contributed by atoms with Gasteiger partial charge in [0.05, 0.1) is 12.2 Å². The summed E-state index contributed by atoms with van der Waals surface area (Å²) in [6.45, 7) is 6.40. The van der Waals surface area contributed by atoms with Crippen molar-refractivity contribution in [3.63, 3.8) is 0 Å². The average Bonchev–Trinajstić information content (AvgIpc) is 3.03. The molecule has 2 N–H and O–H groups in total. The molecule has 270 valence electrons. The normalized spacial score (nSPS) is 13.8. The first-order valence-electron chi connectivity index (χ1n) is 19.5. The molecule has 6 nitrogen and oxygen atoms in total. The molecule has 0 aromatic carbocycles. The first-order valence-corrected chi connectivity index (χ1v) is 19.5. The Morgan fingerprint density at radius 3 is 1.28 bits per heavy atom. The van der Waals surface area contributed by atoms with Gasteiger partial charge in [-0.25, -0.2) is 0 Å². The van der Waals surface area contributed by atoms with E-state index in [0.29, 0.717) is 19.3 Å². The highest BCUT2D eigenvalue weighted by atomic mass is 16.7. The zero-order chi connectivity index (χ0) is 33.9. The molecular formula is C40H74O6. The number of rotatable bonds is 34. The number of unbranched alkanes of at least 4 members (excludes halogenated alkanes) is 16. The molecule has 0 saturated carbocycles. The number of aliphatic hydroxyl groups excluding tert-OH is 2. The average molecular weight is 651 g/mol. The third kappa shape index (κ3) is 32.3. The van der Waals surface area contributed by atoms with Crippen molar-refractivity contribution in [2.45, 2.75) is 219 Å². The van der Waals surface area contributed by atoms with Gasteiger partial charge in [0.15, 0.2) is 0 Å². The molecule has 0 aliphatic carbocycles. The van der Waals surface area contributed by atoms with Crippen molar-refractivity contribution in [2.75, 3.05) is 0 Å². The smallest absolute Gasteiger partial charge is 0.308 e. The molecular weight excluding hydrogens is 576 g/mol. The Balaban J connectivity index is 3.79. The van der Waals surface area contributed by atoms with Gasteiger partial charge in [-0.2, -0.15) is 0 Å². The fraction of sp³-hybridized carbons (Fsp3) is 0.850. The molecule has 0 rings (SSSR count). The highest BCUT2D eigenvalue weighted by Gasteiger charge is 2.18. The molecule has 0 aliphatic rings. The van der Waals surface area contributed by atoms with Crippen molar-refractivity contribution in [3.05, 3.63) is 24.3 Å². The Bertz CT molecular complexity index is 675. The van der Waals surface area contributed by atoms with E-state index in [1.54, 1.807) is 0 Å². The predicted molar refractivity (Wildman–Crippen MR) is 193 cm³/mol. The van der Waals surface area contributed by atoms with E-state index in [1.807, 2.05) is 6.92 Å². The van der Waals surface area contributed by atoms with E-state index >= 15 is 0 Å². The van der Waals surface area contributed by atoms with Crippen LogP contribution in [0.1, 0.15) is 201 Å². The largest absolute Gasteiger partial charge is 0.425 e. The van der Waals surface area contributed by atoms with Gasteiger partial charge in [-0.1, -0.05) is 135 Å². The van der Waals surface area contributed by atoms with Crippen LogP contribution in [-0.4, -0.2) is 40.6 Å². The van der Waals surface area contributed by atoms with Gasteiger partial charge in [0, 0.05) is 19.3 Å². The van der Waals surface area contributed by atoms with Crippen molar-refractivity contribution >= 4 is 11.9 Å². The maximum atomic E-state index is 12.3. The van der Waals surface area contributed by atoms with E-state index in [0.717, 1.165) is 122 Å².